The van der Waals surface area contributed by atoms with Gasteiger partial charge in [0, 0.05) is 12.6 Å². The van der Waals surface area contributed by atoms with Gasteiger partial charge in [-0.25, -0.2) is 5.43 Å². The molecule has 2 atom stereocenters. The van der Waals surface area contributed by atoms with Crippen molar-refractivity contribution in [3.8, 4) is 5.75 Å². The van der Waals surface area contributed by atoms with Crippen molar-refractivity contribution in [2.45, 2.75) is 57.2 Å². The summed E-state index contributed by atoms with van der Waals surface area (Å²) in [7, 11) is 1.61. The lowest BCUT2D eigenvalue weighted by atomic mass is 9.84. The molecule has 0 spiro atoms. The number of hydrogen-bond acceptors (Lipinski definition) is 5. The summed E-state index contributed by atoms with van der Waals surface area (Å²) in [6, 6.07) is 7.02. The minimum absolute atomic E-state index is 0.438. The van der Waals surface area contributed by atoms with Crippen LogP contribution in [-0.2, 0) is 11.3 Å². The van der Waals surface area contributed by atoms with E-state index in [2.05, 4.69) is 10.9 Å². The lowest BCUT2D eigenvalue weighted by molar-refractivity contribution is -0.131. The van der Waals surface area contributed by atoms with E-state index in [9.17, 15) is 9.90 Å². The topological polar surface area (TPSA) is 96.6 Å². The Kier molecular flexibility index (Phi) is 7.49. The second-order valence-electron chi connectivity index (χ2n) is 6.54. The fraction of sp³-hybridized carbons (Fsp3) is 0.611. The molecule has 1 aliphatic rings. The van der Waals surface area contributed by atoms with Crippen LogP contribution >= 0.6 is 0 Å². The van der Waals surface area contributed by atoms with Crippen LogP contribution in [0.3, 0.4) is 0 Å². The van der Waals surface area contributed by atoms with Gasteiger partial charge in [-0.15, -0.1) is 0 Å². The van der Waals surface area contributed by atoms with Crippen LogP contribution in [0, 0.1) is 5.92 Å². The smallest absolute Gasteiger partial charge is 0.264 e. The first kappa shape index (κ1) is 18.7. The fourth-order valence-electron chi connectivity index (χ4n) is 3.22. The Morgan fingerprint density at radius 2 is 2.12 bits per heavy atom. The largest absolute Gasteiger partial charge is 0.497 e. The first-order valence-electron chi connectivity index (χ1n) is 8.69. The van der Waals surface area contributed by atoms with Crippen molar-refractivity contribution in [3.05, 3.63) is 29.8 Å². The monoisotopic (exact) mass is 335 g/mol. The van der Waals surface area contributed by atoms with Crippen molar-refractivity contribution >= 4 is 5.91 Å². The number of nitrogens with one attached hydrogen (secondary N) is 2. The predicted octanol–water partition coefficient (Wildman–Crippen LogP) is 1.47. The second-order valence-corrected chi connectivity index (χ2v) is 6.54. The molecule has 0 aromatic heterocycles. The number of ether oxygens (including phenoxy) is 1. The molecular weight excluding hydrogens is 306 g/mol. The van der Waals surface area contributed by atoms with Crippen molar-refractivity contribution < 1.29 is 14.6 Å². The van der Waals surface area contributed by atoms with Crippen LogP contribution < -0.4 is 21.3 Å². The summed E-state index contributed by atoms with van der Waals surface area (Å²) in [5.41, 5.74) is 12.3. The average Bonchev–Trinajstić information content (AvgIpc) is 2.62. The lowest BCUT2D eigenvalue weighted by Gasteiger charge is -2.26. The van der Waals surface area contributed by atoms with Gasteiger partial charge in [0.2, 0.25) is 0 Å². The molecule has 6 nitrogen and oxygen atoms in total. The summed E-state index contributed by atoms with van der Waals surface area (Å²) in [6.45, 7) is 0.438. The number of benzene rings is 1. The predicted molar refractivity (Wildman–Crippen MR) is 93.2 cm³/mol. The number of aliphatic hydroxyl groups is 1. The minimum Gasteiger partial charge on any atom is -0.497 e. The van der Waals surface area contributed by atoms with E-state index in [0.29, 0.717) is 18.9 Å². The van der Waals surface area contributed by atoms with Gasteiger partial charge in [0.25, 0.3) is 5.91 Å². The SMILES string of the molecule is COc1cccc(CNNC(=O)C(O)C(N)CC2CCCCC2)c1. The molecule has 0 bridgehead atoms. The van der Waals surface area contributed by atoms with Crippen molar-refractivity contribution in [3.63, 3.8) is 0 Å². The number of aliphatic hydroxyl groups excluding tert-OH is 1. The zero-order chi connectivity index (χ0) is 17.4. The summed E-state index contributed by atoms with van der Waals surface area (Å²) in [6.07, 6.45) is 5.54. The first-order chi connectivity index (χ1) is 11.6. The maximum absolute atomic E-state index is 12.0. The van der Waals surface area contributed by atoms with E-state index in [1.165, 1.54) is 19.3 Å². The molecule has 2 rings (SSSR count). The highest BCUT2D eigenvalue weighted by Crippen LogP contribution is 2.27. The van der Waals surface area contributed by atoms with Gasteiger partial charge in [-0.2, -0.15) is 0 Å². The molecule has 1 aromatic rings. The van der Waals surface area contributed by atoms with Crippen molar-refractivity contribution in [1.29, 1.82) is 0 Å². The number of hydrogen-bond donors (Lipinski definition) is 4. The third kappa shape index (κ3) is 5.78. The lowest BCUT2D eigenvalue weighted by Crippen LogP contribution is -2.50. The number of nitrogens with two attached hydrogens (primary N) is 1. The van der Waals surface area contributed by atoms with Gasteiger partial charge < -0.3 is 15.6 Å². The van der Waals surface area contributed by atoms with Crippen LogP contribution in [-0.4, -0.2) is 30.3 Å². The number of rotatable bonds is 8. The van der Waals surface area contributed by atoms with Crippen molar-refractivity contribution in [2.75, 3.05) is 7.11 Å². The number of methoxy groups -OCH3 is 1. The number of carbonyl (C=O) groups is 1. The van der Waals surface area contributed by atoms with Crippen LogP contribution in [0.4, 0.5) is 0 Å². The summed E-state index contributed by atoms with van der Waals surface area (Å²) < 4.78 is 5.15. The molecular formula is C18H29N3O3. The summed E-state index contributed by atoms with van der Waals surface area (Å²) in [4.78, 5) is 12.0. The van der Waals surface area contributed by atoms with E-state index >= 15 is 0 Å². The van der Waals surface area contributed by atoms with Gasteiger partial charge in [0.15, 0.2) is 0 Å². The maximum Gasteiger partial charge on any atom is 0.264 e. The van der Waals surface area contributed by atoms with Gasteiger partial charge >= 0.3 is 0 Å². The van der Waals surface area contributed by atoms with E-state index in [-0.39, 0.29) is 0 Å². The van der Waals surface area contributed by atoms with Gasteiger partial charge in [-0.1, -0.05) is 44.2 Å². The molecule has 1 fully saturated rings. The van der Waals surface area contributed by atoms with Crippen LogP contribution in [0.15, 0.2) is 24.3 Å². The molecule has 5 N–H and O–H groups in total. The van der Waals surface area contributed by atoms with Crippen LogP contribution in [0.5, 0.6) is 5.75 Å². The highest BCUT2D eigenvalue weighted by atomic mass is 16.5. The highest BCUT2D eigenvalue weighted by Gasteiger charge is 2.26. The Labute approximate surface area is 143 Å². The number of hydrazine groups is 1. The molecule has 1 saturated carbocycles. The normalized spacial score (nSPS) is 18.0. The van der Waals surface area contributed by atoms with E-state index in [1.54, 1.807) is 7.11 Å². The number of amides is 1. The molecule has 134 valence electrons. The molecule has 0 heterocycles. The van der Waals surface area contributed by atoms with Gasteiger partial charge in [-0.05, 0) is 30.0 Å². The Morgan fingerprint density at radius 1 is 1.38 bits per heavy atom. The maximum atomic E-state index is 12.0. The fourth-order valence-corrected chi connectivity index (χ4v) is 3.22. The quantitative estimate of drug-likeness (QED) is 0.540. The van der Waals surface area contributed by atoms with Gasteiger partial charge in [-0.3, -0.25) is 10.2 Å². The minimum atomic E-state index is -1.19. The highest BCUT2D eigenvalue weighted by molar-refractivity contribution is 5.80. The first-order valence-corrected chi connectivity index (χ1v) is 8.69. The third-order valence-electron chi connectivity index (χ3n) is 4.64. The molecule has 6 heteroatoms. The van der Waals surface area contributed by atoms with Crippen LogP contribution in [0.25, 0.3) is 0 Å². The zero-order valence-corrected chi connectivity index (χ0v) is 14.3. The van der Waals surface area contributed by atoms with Gasteiger partial charge in [0.05, 0.1) is 7.11 Å². The molecule has 1 aromatic carbocycles. The standard InChI is InChI=1S/C18H29N3O3/c1-24-15-9-5-8-14(10-15)12-20-21-18(23)17(22)16(19)11-13-6-3-2-4-7-13/h5,8-10,13,16-17,20,22H,2-4,6-7,11-12,19H2,1H3,(H,21,23). The molecule has 0 saturated heterocycles. The van der Waals surface area contributed by atoms with E-state index < -0.39 is 18.1 Å². The molecule has 0 radical (unpaired) electrons. The Hall–Kier alpha value is -1.63. The summed E-state index contributed by atoms with van der Waals surface area (Å²) in [5.74, 6) is 0.803. The van der Waals surface area contributed by atoms with Crippen molar-refractivity contribution in [1.82, 2.24) is 10.9 Å². The summed E-state index contributed by atoms with van der Waals surface area (Å²) >= 11 is 0. The Bertz CT molecular complexity index is 518. The van der Waals surface area contributed by atoms with E-state index in [0.717, 1.165) is 24.2 Å². The third-order valence-corrected chi connectivity index (χ3v) is 4.64. The molecule has 24 heavy (non-hydrogen) atoms. The van der Waals surface area contributed by atoms with E-state index in [1.807, 2.05) is 24.3 Å². The van der Waals surface area contributed by atoms with Crippen LogP contribution in [0.2, 0.25) is 0 Å². The molecule has 1 aliphatic carbocycles. The number of carbonyl (C=O) groups excluding carboxylic acids is 1. The van der Waals surface area contributed by atoms with E-state index in [4.69, 9.17) is 10.5 Å². The molecule has 0 aliphatic heterocycles. The van der Waals surface area contributed by atoms with Gasteiger partial charge in [0.1, 0.15) is 11.9 Å². The second kappa shape index (κ2) is 9.61. The Morgan fingerprint density at radius 3 is 2.83 bits per heavy atom. The Balaban J connectivity index is 1.72. The van der Waals surface area contributed by atoms with Crippen LogP contribution in [0.1, 0.15) is 44.1 Å². The molecule has 2 unspecified atom stereocenters. The molecule has 1 amide bonds. The average molecular weight is 335 g/mol. The van der Waals surface area contributed by atoms with Crippen molar-refractivity contribution in [2.24, 2.45) is 11.7 Å². The zero-order valence-electron chi connectivity index (χ0n) is 14.3. The summed E-state index contributed by atoms with van der Waals surface area (Å²) in [5, 5.41) is 10.1.